The Bertz CT molecular complexity index is 610. The molecule has 0 N–H and O–H groups in total. The van der Waals surface area contributed by atoms with Crippen LogP contribution in [0.1, 0.15) is 5.56 Å². The Hall–Kier alpha value is -1.41. The maximum atomic E-state index is 4.41. The summed E-state index contributed by atoms with van der Waals surface area (Å²) in [5.74, 6) is 0. The molecule has 0 atom stereocenters. The molecule has 1 nitrogen and oxygen atoms in total. The Morgan fingerprint density at radius 2 is 2.07 bits per heavy atom. The Labute approximate surface area is 86.0 Å². The average molecular weight is 199 g/mol. The van der Waals surface area contributed by atoms with Gasteiger partial charge in [0.25, 0.3) is 0 Å². The van der Waals surface area contributed by atoms with Crippen molar-refractivity contribution < 1.29 is 0 Å². The summed E-state index contributed by atoms with van der Waals surface area (Å²) in [6.45, 7) is 2.12. The van der Waals surface area contributed by atoms with Crippen LogP contribution in [0.25, 0.3) is 20.3 Å². The van der Waals surface area contributed by atoms with Crippen LogP contribution >= 0.6 is 11.3 Å². The molecule has 0 unspecified atom stereocenters. The van der Waals surface area contributed by atoms with Crippen LogP contribution in [-0.2, 0) is 0 Å². The molecule has 2 aromatic heterocycles. The van der Waals surface area contributed by atoms with Crippen molar-refractivity contribution in [2.45, 2.75) is 6.92 Å². The lowest BCUT2D eigenvalue weighted by Crippen LogP contribution is -1.72. The number of thiophene rings is 1. The number of nitrogens with zero attached hydrogens (tertiary/aromatic N) is 1. The van der Waals surface area contributed by atoms with Crippen molar-refractivity contribution in [1.29, 1.82) is 0 Å². The highest BCUT2D eigenvalue weighted by Gasteiger charge is 2.04. The van der Waals surface area contributed by atoms with Crippen molar-refractivity contribution in [2.75, 3.05) is 0 Å². The Kier molecular flexibility index (Phi) is 1.58. The SMILES string of the molecule is Cc1ccc2c(c1)sc1cccnc12. The molecular weight excluding hydrogens is 190 g/mol. The monoisotopic (exact) mass is 199 g/mol. The number of fused-ring (bicyclic) bond motifs is 3. The molecule has 1 aromatic carbocycles. The third-order valence-electron chi connectivity index (χ3n) is 2.38. The lowest BCUT2D eigenvalue weighted by molar-refractivity contribution is 1.44. The van der Waals surface area contributed by atoms with E-state index in [0.717, 1.165) is 5.52 Å². The topological polar surface area (TPSA) is 12.9 Å². The van der Waals surface area contributed by atoms with E-state index in [1.807, 2.05) is 23.6 Å². The second-order valence-electron chi connectivity index (χ2n) is 3.45. The van der Waals surface area contributed by atoms with Gasteiger partial charge in [0.1, 0.15) is 0 Å². The molecule has 0 spiro atoms. The average Bonchev–Trinajstić information content (AvgIpc) is 2.54. The number of hydrogen-bond donors (Lipinski definition) is 0. The lowest BCUT2D eigenvalue weighted by Gasteiger charge is -1.91. The summed E-state index contributed by atoms with van der Waals surface area (Å²) in [6.07, 6.45) is 1.86. The van der Waals surface area contributed by atoms with Crippen molar-refractivity contribution in [3.8, 4) is 0 Å². The van der Waals surface area contributed by atoms with E-state index in [4.69, 9.17) is 0 Å². The normalized spacial score (nSPS) is 11.2. The zero-order valence-corrected chi connectivity index (χ0v) is 8.64. The molecule has 3 aromatic rings. The first-order valence-electron chi connectivity index (χ1n) is 4.58. The van der Waals surface area contributed by atoms with Gasteiger partial charge in [-0.15, -0.1) is 11.3 Å². The van der Waals surface area contributed by atoms with Gasteiger partial charge >= 0.3 is 0 Å². The van der Waals surface area contributed by atoms with Gasteiger partial charge in [-0.3, -0.25) is 4.98 Å². The zero-order valence-electron chi connectivity index (χ0n) is 7.82. The largest absolute Gasteiger partial charge is 0.255 e. The molecule has 0 aliphatic rings. The molecule has 2 heterocycles. The van der Waals surface area contributed by atoms with Crippen LogP contribution in [0.2, 0.25) is 0 Å². The van der Waals surface area contributed by atoms with Crippen LogP contribution in [0.3, 0.4) is 0 Å². The second-order valence-corrected chi connectivity index (χ2v) is 4.54. The number of aryl methyl sites for hydroxylation is 1. The lowest BCUT2D eigenvalue weighted by atomic mass is 10.2. The van der Waals surface area contributed by atoms with Crippen LogP contribution in [0.4, 0.5) is 0 Å². The van der Waals surface area contributed by atoms with Gasteiger partial charge in [-0.1, -0.05) is 12.1 Å². The minimum Gasteiger partial charge on any atom is -0.255 e. The third-order valence-corrected chi connectivity index (χ3v) is 3.49. The number of benzene rings is 1. The molecule has 0 aliphatic carbocycles. The first-order valence-corrected chi connectivity index (χ1v) is 5.40. The summed E-state index contributed by atoms with van der Waals surface area (Å²) in [7, 11) is 0. The van der Waals surface area contributed by atoms with E-state index < -0.39 is 0 Å². The minimum absolute atomic E-state index is 1.13. The number of rotatable bonds is 0. The van der Waals surface area contributed by atoms with Gasteiger partial charge in [0.2, 0.25) is 0 Å². The van der Waals surface area contributed by atoms with E-state index in [0.29, 0.717) is 0 Å². The van der Waals surface area contributed by atoms with Crippen LogP contribution in [0, 0.1) is 6.92 Å². The molecule has 0 fully saturated rings. The molecule has 3 rings (SSSR count). The quantitative estimate of drug-likeness (QED) is 0.537. The summed E-state index contributed by atoms with van der Waals surface area (Å²) >= 11 is 1.81. The summed E-state index contributed by atoms with van der Waals surface area (Å²) in [4.78, 5) is 4.41. The highest BCUT2D eigenvalue weighted by Crippen LogP contribution is 2.32. The van der Waals surface area contributed by atoms with Crippen molar-refractivity contribution in [2.24, 2.45) is 0 Å². The molecule has 14 heavy (non-hydrogen) atoms. The second kappa shape index (κ2) is 2.79. The summed E-state index contributed by atoms with van der Waals surface area (Å²) in [6, 6.07) is 10.6. The molecule has 0 saturated heterocycles. The Morgan fingerprint density at radius 3 is 3.00 bits per heavy atom. The fraction of sp³-hybridized carbons (Fsp3) is 0.0833. The summed E-state index contributed by atoms with van der Waals surface area (Å²) in [5.41, 5.74) is 2.44. The van der Waals surface area contributed by atoms with Crippen molar-refractivity contribution >= 4 is 31.6 Å². The van der Waals surface area contributed by atoms with Crippen molar-refractivity contribution in [1.82, 2.24) is 4.98 Å². The van der Waals surface area contributed by atoms with Gasteiger partial charge in [-0.25, -0.2) is 0 Å². The van der Waals surface area contributed by atoms with Gasteiger partial charge in [0.05, 0.1) is 10.2 Å². The minimum atomic E-state index is 1.13. The molecule has 0 radical (unpaired) electrons. The first-order chi connectivity index (χ1) is 6.84. The molecule has 0 saturated carbocycles. The Balaban J connectivity index is 2.57. The van der Waals surface area contributed by atoms with Crippen LogP contribution in [0.15, 0.2) is 36.5 Å². The fourth-order valence-electron chi connectivity index (χ4n) is 1.70. The molecule has 2 heteroatoms. The van der Waals surface area contributed by atoms with E-state index in [9.17, 15) is 0 Å². The van der Waals surface area contributed by atoms with Crippen LogP contribution in [0.5, 0.6) is 0 Å². The zero-order chi connectivity index (χ0) is 9.54. The molecule has 0 bridgehead atoms. The van der Waals surface area contributed by atoms with E-state index in [1.165, 1.54) is 20.3 Å². The highest BCUT2D eigenvalue weighted by atomic mass is 32.1. The van der Waals surface area contributed by atoms with Gasteiger partial charge in [0.15, 0.2) is 0 Å². The van der Waals surface area contributed by atoms with Gasteiger partial charge < -0.3 is 0 Å². The predicted octanol–water partition coefficient (Wildman–Crippen LogP) is 3.76. The van der Waals surface area contributed by atoms with Gasteiger partial charge in [0, 0.05) is 16.3 Å². The smallest absolute Gasteiger partial charge is 0.0888 e. The van der Waals surface area contributed by atoms with E-state index >= 15 is 0 Å². The summed E-state index contributed by atoms with van der Waals surface area (Å²) < 4.78 is 2.60. The van der Waals surface area contributed by atoms with Crippen LogP contribution in [-0.4, -0.2) is 4.98 Å². The van der Waals surface area contributed by atoms with E-state index in [-0.39, 0.29) is 0 Å². The fourth-order valence-corrected chi connectivity index (χ4v) is 2.87. The predicted molar refractivity (Wildman–Crippen MR) is 61.9 cm³/mol. The first kappa shape index (κ1) is 7.94. The molecule has 68 valence electrons. The van der Waals surface area contributed by atoms with Gasteiger partial charge in [-0.05, 0) is 30.7 Å². The maximum Gasteiger partial charge on any atom is 0.0888 e. The van der Waals surface area contributed by atoms with E-state index in [1.54, 1.807) is 0 Å². The van der Waals surface area contributed by atoms with Crippen LogP contribution < -0.4 is 0 Å². The molecule has 0 aliphatic heterocycles. The summed E-state index contributed by atoms with van der Waals surface area (Å²) in [5, 5.41) is 1.27. The maximum absolute atomic E-state index is 4.41. The highest BCUT2D eigenvalue weighted by molar-refractivity contribution is 7.25. The standard InChI is InChI=1S/C12H9NS/c1-8-4-5-9-11(7-8)14-10-3-2-6-13-12(9)10/h2-7H,1H3. The number of aromatic nitrogens is 1. The molecule has 0 amide bonds. The number of hydrogen-bond acceptors (Lipinski definition) is 2. The number of pyridine rings is 1. The van der Waals surface area contributed by atoms with Gasteiger partial charge in [-0.2, -0.15) is 0 Å². The van der Waals surface area contributed by atoms with Crippen molar-refractivity contribution in [3.63, 3.8) is 0 Å². The third kappa shape index (κ3) is 1.04. The van der Waals surface area contributed by atoms with Crippen molar-refractivity contribution in [3.05, 3.63) is 42.1 Å². The van der Waals surface area contributed by atoms with E-state index in [2.05, 4.69) is 36.2 Å². The molecular formula is C12H9NS. The Morgan fingerprint density at radius 1 is 1.14 bits per heavy atom.